The van der Waals surface area contributed by atoms with E-state index in [2.05, 4.69) is 91.0 Å². The molecule has 0 aliphatic rings. The van der Waals surface area contributed by atoms with Crippen molar-refractivity contribution in [2.75, 3.05) is 0 Å². The Morgan fingerprint density at radius 1 is 0.159 bits per heavy atom. The maximum absolute atomic E-state index is 17.3. The zero-order valence-electron chi connectivity index (χ0n) is 41.8. The lowest BCUT2D eigenvalue weighted by Gasteiger charge is -2.47. The fraction of sp³-hybridized carbons (Fsp3) is 0. The smallest absolute Gasteiger partial charge is 0.198 e. The largest absolute Gasteiger partial charge is 0.207 e. The van der Waals surface area contributed by atoms with Crippen LogP contribution in [0.1, 0.15) is 0 Å². The SMILES string of the molecule is Fc1c(F)c(F)c2c([B-](c3c(F)c(F)c(F)c4c(F)c(F)c(F)c(F)c34)(c3c(F)c(F)c(F)c4c(F)c(F)c(F)c(F)c34)c3c(F)c(F)c(F)c4c(F)c(F)c(F)c(F)c34)c(F)c(F)c(F)c2c1F.c1ccc([PH+](c2ccccc2)c2ccccc2)cc1. The highest BCUT2D eigenvalue weighted by Crippen LogP contribution is 2.42. The maximum Gasteiger partial charge on any atom is 0.198 e. The van der Waals surface area contributed by atoms with Gasteiger partial charge in [-0.25, -0.2) is 123 Å². The molecule has 0 saturated carbocycles. The van der Waals surface area contributed by atoms with Gasteiger partial charge in [-0.15, -0.1) is 21.9 Å². The summed E-state index contributed by atoms with van der Waals surface area (Å²) in [4.78, 5) is 0. The summed E-state index contributed by atoms with van der Waals surface area (Å²) in [6, 6.07) is 32.5. The van der Waals surface area contributed by atoms with Crippen LogP contribution < -0.4 is 37.8 Å². The lowest BCUT2D eigenvalue weighted by Crippen LogP contribution is -2.79. The molecule has 0 unspecified atom stereocenters. The van der Waals surface area contributed by atoms with E-state index >= 15 is 105 Å². The molecule has 0 amide bonds. The summed E-state index contributed by atoms with van der Waals surface area (Å²) in [6.45, 7) is 0. The van der Waals surface area contributed by atoms with Gasteiger partial charge in [-0.1, -0.05) is 54.6 Å². The van der Waals surface area contributed by atoms with Crippen LogP contribution in [0.2, 0.25) is 0 Å². The summed E-state index contributed by atoms with van der Waals surface area (Å²) >= 11 is 0. The highest BCUT2D eigenvalue weighted by atomic mass is 31.1. The van der Waals surface area contributed by atoms with E-state index in [1.165, 1.54) is 15.9 Å². The molecule has 0 aromatic heterocycles. The molecule has 11 rings (SSSR count). The van der Waals surface area contributed by atoms with Crippen molar-refractivity contribution in [1.29, 1.82) is 0 Å². The molecular weight excluding hydrogens is 1270 g/mol. The van der Waals surface area contributed by atoms with E-state index in [1.54, 1.807) is 0 Å². The van der Waals surface area contributed by atoms with Crippen molar-refractivity contribution in [3.63, 3.8) is 0 Å². The van der Waals surface area contributed by atoms with Gasteiger partial charge < -0.3 is 0 Å². The van der Waals surface area contributed by atoms with Crippen LogP contribution in [-0.2, 0) is 0 Å². The summed E-state index contributed by atoms with van der Waals surface area (Å²) in [7, 11) is -0.877. The van der Waals surface area contributed by atoms with Crippen LogP contribution in [0.25, 0.3) is 43.1 Å². The lowest BCUT2D eigenvalue weighted by atomic mass is 9.11. The molecule has 452 valence electrons. The van der Waals surface area contributed by atoms with Gasteiger partial charge in [-0.3, -0.25) is 0 Å². The highest BCUT2D eigenvalue weighted by molar-refractivity contribution is 7.79. The van der Waals surface area contributed by atoms with Crippen LogP contribution in [0, 0.1) is 163 Å². The second-order valence-electron chi connectivity index (χ2n) is 18.8. The normalized spacial score (nSPS) is 12.0. The fourth-order valence-electron chi connectivity index (χ4n) is 10.9. The Morgan fingerprint density at radius 3 is 0.455 bits per heavy atom. The van der Waals surface area contributed by atoms with Crippen molar-refractivity contribution in [1.82, 2.24) is 0 Å². The fourth-order valence-corrected chi connectivity index (χ4v) is 13.5. The van der Waals surface area contributed by atoms with Gasteiger partial charge in [0.1, 0.15) is 45.3 Å². The van der Waals surface area contributed by atoms with Crippen LogP contribution in [-0.4, -0.2) is 6.15 Å². The first kappa shape index (κ1) is 62.1. The molecule has 0 aliphatic heterocycles. The molecule has 88 heavy (non-hydrogen) atoms. The van der Waals surface area contributed by atoms with Crippen LogP contribution in [0.15, 0.2) is 91.0 Å². The first-order valence-corrected chi connectivity index (χ1v) is 25.4. The van der Waals surface area contributed by atoms with Crippen LogP contribution in [0.5, 0.6) is 0 Å². The van der Waals surface area contributed by atoms with Gasteiger partial charge in [0.05, 0.1) is 29.5 Å². The van der Waals surface area contributed by atoms with Gasteiger partial charge in [-0.2, -0.15) is 0 Å². The molecule has 0 nitrogen and oxygen atoms in total. The molecule has 0 bridgehead atoms. The molecule has 0 heterocycles. The van der Waals surface area contributed by atoms with Crippen molar-refractivity contribution in [3.8, 4) is 0 Å². The predicted molar refractivity (Wildman–Crippen MR) is 265 cm³/mol. The Balaban J connectivity index is 0.000000380. The number of halogens is 28. The first-order chi connectivity index (χ1) is 41.4. The van der Waals surface area contributed by atoms with Crippen molar-refractivity contribution in [2.45, 2.75) is 0 Å². The quantitative estimate of drug-likeness (QED) is 0.0490. The molecule has 0 N–H and O–H groups in total. The first-order valence-electron chi connectivity index (χ1n) is 23.9. The lowest BCUT2D eigenvalue weighted by molar-refractivity contribution is 0.410. The summed E-state index contributed by atoms with van der Waals surface area (Å²) in [6.07, 6.45) is -8.05. The number of hydrogen-bond acceptors (Lipinski definition) is 0. The molecule has 30 heteroatoms. The van der Waals surface area contributed by atoms with E-state index in [0.717, 1.165) is 0 Å². The van der Waals surface area contributed by atoms with Crippen molar-refractivity contribution < 1.29 is 123 Å². The topological polar surface area (TPSA) is 0 Å². The molecule has 0 fully saturated rings. The Hall–Kier alpha value is -9.01. The minimum atomic E-state index is -8.05. The highest BCUT2D eigenvalue weighted by Gasteiger charge is 2.52. The minimum Gasteiger partial charge on any atom is -0.207 e. The van der Waals surface area contributed by atoms with Gasteiger partial charge in [0.15, 0.2) is 140 Å². The van der Waals surface area contributed by atoms with E-state index in [0.29, 0.717) is 0 Å². The number of hydrogen-bond donors (Lipinski definition) is 0. The summed E-state index contributed by atoms with van der Waals surface area (Å²) < 4.78 is 446. The predicted octanol–water partition coefficient (Wildman–Crippen LogP) is 14.7. The zero-order valence-corrected chi connectivity index (χ0v) is 42.8. The van der Waals surface area contributed by atoms with E-state index in [-0.39, 0.29) is 0 Å². The van der Waals surface area contributed by atoms with Gasteiger partial charge in [0.2, 0.25) is 0 Å². The van der Waals surface area contributed by atoms with Gasteiger partial charge in [0, 0.05) is 0 Å². The van der Waals surface area contributed by atoms with Crippen molar-refractivity contribution in [3.05, 3.63) is 254 Å². The molecule has 0 aliphatic carbocycles. The molecule has 11 aromatic rings. The van der Waals surface area contributed by atoms with Gasteiger partial charge in [-0.05, 0) is 57.9 Å². The van der Waals surface area contributed by atoms with E-state index in [9.17, 15) is 17.6 Å². The van der Waals surface area contributed by atoms with Crippen molar-refractivity contribution >= 4 is 94.9 Å². The molecule has 0 spiro atoms. The Labute approximate surface area is 470 Å². The Bertz CT molecular complexity index is 4220. The summed E-state index contributed by atoms with van der Waals surface area (Å²) in [5.74, 6) is -104. The Morgan fingerprint density at radius 2 is 0.295 bits per heavy atom. The molecule has 0 saturated heterocycles. The zero-order chi connectivity index (χ0) is 64.5. The third kappa shape index (κ3) is 8.63. The number of rotatable bonds is 7. The van der Waals surface area contributed by atoms with Crippen LogP contribution in [0.4, 0.5) is 123 Å². The maximum atomic E-state index is 17.3. The minimum absolute atomic E-state index is 0.877. The Kier molecular flexibility index (Phi) is 15.7. The average Bonchev–Trinajstić information content (AvgIpc) is 0.665. The van der Waals surface area contributed by atoms with Gasteiger partial charge in [0.25, 0.3) is 0 Å². The number of benzene rings is 11. The molecule has 0 radical (unpaired) electrons. The van der Waals surface area contributed by atoms with E-state index < -0.39 is 242 Å². The van der Waals surface area contributed by atoms with Crippen LogP contribution in [0.3, 0.4) is 0 Å². The van der Waals surface area contributed by atoms with Crippen molar-refractivity contribution in [2.24, 2.45) is 0 Å². The summed E-state index contributed by atoms with van der Waals surface area (Å²) in [5.41, 5.74) is -15.5. The average molecular weight is 1290 g/mol. The molecule has 0 atom stereocenters. The third-order valence-electron chi connectivity index (χ3n) is 14.4. The van der Waals surface area contributed by atoms with Gasteiger partial charge >= 0.3 is 0 Å². The monoisotopic (exact) mass is 1290 g/mol. The summed E-state index contributed by atoms with van der Waals surface area (Å²) in [5, 5.41) is -22.7. The van der Waals surface area contributed by atoms with E-state index in [4.69, 9.17) is 0 Å². The second kappa shape index (κ2) is 22.3. The molecular formula is C58H16BF28P. The van der Waals surface area contributed by atoms with Crippen LogP contribution >= 0.6 is 7.92 Å². The second-order valence-corrected chi connectivity index (χ2v) is 21.3. The van der Waals surface area contributed by atoms with E-state index in [1.807, 2.05) is 0 Å². The standard InChI is InChI=1S/C40BF28.C18H15P/c42-13-1-5(21(50)37(66)33(13)62)17(46)29(58)25(54)9(1)41(10-2-6(18(47)30(59)26(10)55)22(51)38(67)34(63)14(2)43,11-3-7(19(48)31(60)27(11)56)23(52)39(68)35(64)15(3)44)12-4-8(20(49)32(61)28(12)57)24(53)40(69)36(65)16(4)45;1-4-10-16(11-5-1)19(17-12-6-2-7-13-17)18-14-8-3-9-15-18/h;1-15H/q-1;/p+1. The third-order valence-corrected chi connectivity index (χ3v) is 17.2. The number of fused-ring (bicyclic) bond motifs is 4. The molecule has 11 aromatic carbocycles.